The van der Waals surface area contributed by atoms with Gasteiger partial charge < -0.3 is 5.32 Å². The third kappa shape index (κ3) is 4.42. The lowest BCUT2D eigenvalue weighted by Crippen LogP contribution is -2.26. The highest BCUT2D eigenvalue weighted by atomic mass is 79.9. The van der Waals surface area contributed by atoms with Gasteiger partial charge >= 0.3 is 6.18 Å². The van der Waals surface area contributed by atoms with Gasteiger partial charge in [0.25, 0.3) is 5.91 Å². The van der Waals surface area contributed by atoms with E-state index in [0.717, 1.165) is 21.9 Å². The third-order valence-electron chi connectivity index (χ3n) is 4.85. The van der Waals surface area contributed by atoms with Crippen LogP contribution in [-0.2, 0) is 12.7 Å². The smallest absolute Gasteiger partial charge is 0.351 e. The summed E-state index contributed by atoms with van der Waals surface area (Å²) < 4.78 is 44.3. The Labute approximate surface area is 193 Å². The predicted molar refractivity (Wildman–Crippen MR) is 118 cm³/mol. The van der Waals surface area contributed by atoms with Gasteiger partial charge in [0.05, 0.1) is 20.7 Å². The lowest BCUT2D eigenvalue weighted by molar-refractivity contribution is -0.142. The number of hydrogen-bond donors (Lipinski definition) is 1. The minimum Gasteiger partial charge on any atom is -0.351 e. The first kappa shape index (κ1) is 22.5. The van der Waals surface area contributed by atoms with Gasteiger partial charge in [0.1, 0.15) is 0 Å². The van der Waals surface area contributed by atoms with Gasteiger partial charge in [-0.05, 0) is 53.7 Å². The van der Waals surface area contributed by atoms with Gasteiger partial charge in [0.15, 0.2) is 17.0 Å². The average Bonchev–Trinajstić information content (AvgIpc) is 3.46. The zero-order valence-corrected chi connectivity index (χ0v) is 19.5. The first-order chi connectivity index (χ1) is 15.1. The van der Waals surface area contributed by atoms with Crippen molar-refractivity contribution in [1.29, 1.82) is 0 Å². The third-order valence-corrected chi connectivity index (χ3v) is 6.89. The van der Waals surface area contributed by atoms with E-state index in [1.54, 1.807) is 17.5 Å². The fourth-order valence-corrected chi connectivity index (χ4v) is 4.22. The maximum Gasteiger partial charge on any atom is 0.433 e. The summed E-state index contributed by atoms with van der Waals surface area (Å²) in [6.45, 7) is 4.75. The standard InChI is InChI=1S/C20H18BrF3N6OS/c1-11-18(21)12(2)29(27-11)7-4-6-25-19(31)14-10-17-26-13(15-5-3-8-32-15)9-16(20(22,23)24)30(17)28-14/h3,5,8-10H,4,6-7H2,1-2H3,(H,25,31). The van der Waals surface area contributed by atoms with Crippen LogP contribution in [0.1, 0.15) is 34.0 Å². The van der Waals surface area contributed by atoms with Crippen LogP contribution in [0, 0.1) is 13.8 Å². The molecule has 4 aromatic heterocycles. The monoisotopic (exact) mass is 526 g/mol. The van der Waals surface area contributed by atoms with Crippen molar-refractivity contribution in [2.75, 3.05) is 6.54 Å². The lowest BCUT2D eigenvalue weighted by atomic mass is 10.2. The molecule has 0 aromatic carbocycles. The first-order valence-corrected chi connectivity index (χ1v) is 11.3. The summed E-state index contributed by atoms with van der Waals surface area (Å²) in [4.78, 5) is 17.4. The van der Waals surface area contributed by atoms with Gasteiger partial charge in [-0.1, -0.05) is 6.07 Å². The molecule has 1 N–H and O–H groups in total. The number of alkyl halides is 3. The van der Waals surface area contributed by atoms with E-state index in [1.165, 1.54) is 17.4 Å². The highest BCUT2D eigenvalue weighted by Crippen LogP contribution is 2.33. The molecule has 0 saturated heterocycles. The van der Waals surface area contributed by atoms with Crippen LogP contribution in [0.25, 0.3) is 16.2 Å². The van der Waals surface area contributed by atoms with Crippen LogP contribution in [-0.4, -0.2) is 36.8 Å². The van der Waals surface area contributed by atoms with E-state index in [0.29, 0.717) is 28.9 Å². The molecule has 4 heterocycles. The van der Waals surface area contributed by atoms with E-state index in [2.05, 4.69) is 36.4 Å². The van der Waals surface area contributed by atoms with Crippen LogP contribution in [0.5, 0.6) is 0 Å². The quantitative estimate of drug-likeness (QED) is 0.363. The van der Waals surface area contributed by atoms with E-state index >= 15 is 0 Å². The fourth-order valence-electron chi connectivity index (χ4n) is 3.25. The fraction of sp³-hybridized carbons (Fsp3) is 0.300. The molecule has 0 fully saturated rings. The second-order valence-corrected chi connectivity index (χ2v) is 8.86. The first-order valence-electron chi connectivity index (χ1n) is 9.64. The van der Waals surface area contributed by atoms with Gasteiger partial charge in [-0.25, -0.2) is 9.50 Å². The minimum atomic E-state index is -4.65. The number of thiophene rings is 1. The molecule has 12 heteroatoms. The highest BCUT2D eigenvalue weighted by Gasteiger charge is 2.35. The zero-order chi connectivity index (χ0) is 23.0. The Bertz CT molecular complexity index is 1280. The Morgan fingerprint density at radius 1 is 1.25 bits per heavy atom. The van der Waals surface area contributed by atoms with Crippen molar-refractivity contribution in [3.63, 3.8) is 0 Å². The summed E-state index contributed by atoms with van der Waals surface area (Å²) in [5, 5.41) is 12.7. The van der Waals surface area contributed by atoms with Gasteiger partial charge in [-0.15, -0.1) is 11.3 Å². The predicted octanol–water partition coefficient (Wildman–Crippen LogP) is 4.87. The summed E-state index contributed by atoms with van der Waals surface area (Å²) in [5.74, 6) is -0.559. The van der Waals surface area contributed by atoms with Crippen molar-refractivity contribution in [2.24, 2.45) is 0 Å². The van der Waals surface area contributed by atoms with E-state index in [-0.39, 0.29) is 17.0 Å². The normalized spacial score (nSPS) is 11.9. The minimum absolute atomic E-state index is 0.0409. The molecule has 0 aliphatic heterocycles. The molecule has 7 nitrogen and oxygen atoms in total. The molecule has 0 saturated carbocycles. The maximum atomic E-state index is 13.6. The number of nitrogens with one attached hydrogen (secondary N) is 1. The molecule has 0 aliphatic rings. The summed E-state index contributed by atoms with van der Waals surface area (Å²) >= 11 is 4.75. The summed E-state index contributed by atoms with van der Waals surface area (Å²) in [5.41, 5.74) is 0.899. The van der Waals surface area contributed by atoms with Gasteiger partial charge in [0, 0.05) is 24.8 Å². The van der Waals surface area contributed by atoms with Crippen LogP contribution >= 0.6 is 27.3 Å². The second kappa shape index (κ2) is 8.66. The number of nitrogens with zero attached hydrogens (tertiary/aromatic N) is 5. The van der Waals surface area contributed by atoms with Crippen LogP contribution in [0.4, 0.5) is 13.2 Å². The molecular weight excluding hydrogens is 509 g/mol. The number of aromatic nitrogens is 5. The Morgan fingerprint density at radius 2 is 2.03 bits per heavy atom. The van der Waals surface area contributed by atoms with E-state index in [1.807, 2.05) is 18.5 Å². The summed E-state index contributed by atoms with van der Waals surface area (Å²) in [6.07, 6.45) is -4.05. The summed E-state index contributed by atoms with van der Waals surface area (Å²) in [7, 11) is 0. The SMILES string of the molecule is Cc1nn(CCCNC(=O)c2cc3nc(-c4cccs4)cc(C(F)(F)F)n3n2)c(C)c1Br. The lowest BCUT2D eigenvalue weighted by Gasteiger charge is -2.10. The van der Waals surface area contributed by atoms with Crippen molar-refractivity contribution in [3.8, 4) is 10.6 Å². The summed E-state index contributed by atoms with van der Waals surface area (Å²) in [6, 6.07) is 5.63. The number of hydrogen-bond acceptors (Lipinski definition) is 5. The van der Waals surface area contributed by atoms with Crippen LogP contribution < -0.4 is 5.32 Å². The number of fused-ring (bicyclic) bond motifs is 1. The zero-order valence-electron chi connectivity index (χ0n) is 17.1. The van der Waals surface area contributed by atoms with Crippen molar-refractivity contribution < 1.29 is 18.0 Å². The average molecular weight is 527 g/mol. The Morgan fingerprint density at radius 3 is 2.66 bits per heavy atom. The van der Waals surface area contributed by atoms with Gasteiger partial charge in [-0.3, -0.25) is 9.48 Å². The molecule has 4 rings (SSSR count). The van der Waals surface area contributed by atoms with Crippen molar-refractivity contribution in [1.82, 2.24) is 29.7 Å². The largest absolute Gasteiger partial charge is 0.433 e. The topological polar surface area (TPSA) is 77.1 Å². The molecule has 32 heavy (non-hydrogen) atoms. The number of amides is 1. The van der Waals surface area contributed by atoms with E-state index < -0.39 is 17.8 Å². The Hall–Kier alpha value is -2.73. The molecule has 0 unspecified atom stereocenters. The highest BCUT2D eigenvalue weighted by molar-refractivity contribution is 9.10. The molecular formula is C20H18BrF3N6OS. The molecule has 0 aliphatic carbocycles. The number of aryl methyl sites for hydroxylation is 2. The Kier molecular flexibility index (Phi) is 6.08. The molecule has 168 valence electrons. The van der Waals surface area contributed by atoms with E-state index in [4.69, 9.17) is 0 Å². The van der Waals surface area contributed by atoms with Crippen LogP contribution in [0.3, 0.4) is 0 Å². The van der Waals surface area contributed by atoms with Crippen molar-refractivity contribution >= 4 is 38.8 Å². The molecule has 4 aromatic rings. The molecule has 0 atom stereocenters. The molecule has 0 spiro atoms. The van der Waals surface area contributed by atoms with Crippen molar-refractivity contribution in [2.45, 2.75) is 33.0 Å². The second-order valence-electron chi connectivity index (χ2n) is 7.12. The van der Waals surface area contributed by atoms with Crippen LogP contribution in [0.2, 0.25) is 0 Å². The molecule has 0 bridgehead atoms. The molecule has 0 radical (unpaired) electrons. The number of halogens is 4. The molecule has 1 amide bonds. The Balaban J connectivity index is 1.51. The van der Waals surface area contributed by atoms with E-state index in [9.17, 15) is 18.0 Å². The maximum absolute atomic E-state index is 13.6. The van der Waals surface area contributed by atoms with Crippen molar-refractivity contribution in [3.05, 3.63) is 56.9 Å². The number of rotatable bonds is 6. The van der Waals surface area contributed by atoms with Gasteiger partial charge in [-0.2, -0.15) is 23.4 Å². The number of carbonyl (C=O) groups excluding carboxylic acids is 1. The van der Waals surface area contributed by atoms with Crippen LogP contribution in [0.15, 0.2) is 34.1 Å². The van der Waals surface area contributed by atoms with Gasteiger partial charge in [0.2, 0.25) is 0 Å². The number of carbonyl (C=O) groups is 1.